The number of fused-ring (bicyclic) bond motifs is 2. The highest BCUT2D eigenvalue weighted by Crippen LogP contribution is 2.30. The largest absolute Gasteiger partial charge is 0.364 e. The quantitative estimate of drug-likeness (QED) is 0.321. The SMILES string of the molecule is Cc1nccc2sc(NC(=O)C3CC(F)CN3C(=O)Cn3nc(C(N)=O)c4cc(-c5ccnnc5)ccc43)nc12. The number of nitrogens with one attached hydrogen (secondary N) is 1. The van der Waals surface area contributed by atoms with E-state index in [0.29, 0.717) is 21.6 Å². The summed E-state index contributed by atoms with van der Waals surface area (Å²) in [7, 11) is 0. The molecule has 12 nitrogen and oxygen atoms in total. The van der Waals surface area contributed by atoms with Crippen molar-refractivity contribution in [3.05, 3.63) is 60.3 Å². The number of halogens is 1. The van der Waals surface area contributed by atoms with Gasteiger partial charge in [0.05, 0.1) is 34.8 Å². The number of hydrogen-bond acceptors (Lipinski definition) is 9. The van der Waals surface area contributed by atoms with E-state index in [9.17, 15) is 18.8 Å². The number of anilines is 1. The van der Waals surface area contributed by atoms with Gasteiger partial charge in [-0.2, -0.15) is 15.3 Å². The summed E-state index contributed by atoms with van der Waals surface area (Å²) in [5.74, 6) is -1.81. The van der Waals surface area contributed by atoms with Crippen molar-refractivity contribution < 1.29 is 18.8 Å². The molecular weight excluding hydrogens is 537 g/mol. The van der Waals surface area contributed by atoms with Crippen LogP contribution in [0.4, 0.5) is 9.52 Å². The van der Waals surface area contributed by atoms with Crippen LogP contribution < -0.4 is 11.1 Å². The van der Waals surface area contributed by atoms with Crippen LogP contribution in [0.25, 0.3) is 32.2 Å². The number of hydrogen-bond donors (Lipinski definition) is 2. The van der Waals surface area contributed by atoms with Gasteiger partial charge >= 0.3 is 0 Å². The predicted octanol–water partition coefficient (Wildman–Crippen LogP) is 2.48. The van der Waals surface area contributed by atoms with E-state index in [4.69, 9.17) is 5.73 Å². The first kappa shape index (κ1) is 25.4. The van der Waals surface area contributed by atoms with Crippen LogP contribution in [0.5, 0.6) is 0 Å². The molecule has 1 fully saturated rings. The van der Waals surface area contributed by atoms with Crippen molar-refractivity contribution in [2.75, 3.05) is 11.9 Å². The molecule has 1 aliphatic heterocycles. The smallest absolute Gasteiger partial charge is 0.269 e. The molecule has 2 unspecified atom stereocenters. The van der Waals surface area contributed by atoms with Gasteiger partial charge in [0.2, 0.25) is 11.8 Å². The average molecular weight is 560 g/mol. The fourth-order valence-corrected chi connectivity index (χ4v) is 5.79. The molecule has 2 atom stereocenters. The Kier molecular flexibility index (Phi) is 6.38. The Morgan fingerprint density at radius 1 is 1.15 bits per heavy atom. The van der Waals surface area contributed by atoms with E-state index >= 15 is 0 Å². The summed E-state index contributed by atoms with van der Waals surface area (Å²) in [4.78, 5) is 48.6. The minimum absolute atomic E-state index is 0.00799. The van der Waals surface area contributed by atoms with Crippen molar-refractivity contribution in [2.45, 2.75) is 32.1 Å². The molecule has 0 radical (unpaired) electrons. The predicted molar refractivity (Wildman–Crippen MR) is 145 cm³/mol. The Hall–Kier alpha value is -4.85. The summed E-state index contributed by atoms with van der Waals surface area (Å²) >= 11 is 1.27. The maximum Gasteiger partial charge on any atom is 0.269 e. The molecular formula is C26H22FN9O3S. The molecule has 1 aromatic carbocycles. The lowest BCUT2D eigenvalue weighted by molar-refractivity contribution is -0.137. The molecule has 40 heavy (non-hydrogen) atoms. The van der Waals surface area contributed by atoms with Crippen LogP contribution in [0, 0.1) is 6.92 Å². The number of carbonyl (C=O) groups is 3. The van der Waals surface area contributed by atoms with Gasteiger partial charge in [-0.25, -0.2) is 9.37 Å². The number of amides is 3. The first-order valence-electron chi connectivity index (χ1n) is 12.3. The number of rotatable bonds is 6. The Morgan fingerprint density at radius 3 is 2.75 bits per heavy atom. The van der Waals surface area contributed by atoms with E-state index in [1.165, 1.54) is 20.9 Å². The lowest BCUT2D eigenvalue weighted by Gasteiger charge is -2.23. The molecule has 202 valence electrons. The minimum atomic E-state index is -1.37. The third kappa shape index (κ3) is 4.62. The second-order valence-corrected chi connectivity index (χ2v) is 10.4. The molecule has 0 aliphatic carbocycles. The van der Waals surface area contributed by atoms with E-state index in [1.807, 2.05) is 6.92 Å². The molecule has 3 N–H and O–H groups in total. The number of likely N-dealkylation sites (tertiary alicyclic amines) is 1. The minimum Gasteiger partial charge on any atom is -0.364 e. The number of alkyl halides is 1. The van der Waals surface area contributed by atoms with Crippen molar-refractivity contribution in [1.29, 1.82) is 0 Å². The average Bonchev–Trinajstić information content (AvgIpc) is 3.64. The van der Waals surface area contributed by atoms with Crippen LogP contribution in [-0.4, -0.2) is 71.3 Å². The van der Waals surface area contributed by atoms with Gasteiger partial charge in [-0.05, 0) is 36.8 Å². The lowest BCUT2D eigenvalue weighted by Crippen LogP contribution is -2.44. The summed E-state index contributed by atoms with van der Waals surface area (Å²) in [6.45, 7) is 1.27. The Labute approximate surface area is 230 Å². The number of benzene rings is 1. The maximum atomic E-state index is 14.5. The zero-order chi connectivity index (χ0) is 28.0. The van der Waals surface area contributed by atoms with Crippen molar-refractivity contribution >= 4 is 55.3 Å². The van der Waals surface area contributed by atoms with Crippen LogP contribution >= 0.6 is 11.3 Å². The van der Waals surface area contributed by atoms with E-state index in [-0.39, 0.29) is 25.2 Å². The van der Waals surface area contributed by atoms with E-state index < -0.39 is 29.9 Å². The van der Waals surface area contributed by atoms with Crippen LogP contribution in [0.3, 0.4) is 0 Å². The monoisotopic (exact) mass is 559 g/mol. The number of thiazole rings is 1. The van der Waals surface area contributed by atoms with Gasteiger partial charge in [0.25, 0.3) is 5.91 Å². The van der Waals surface area contributed by atoms with Gasteiger partial charge in [-0.15, -0.1) is 0 Å². The van der Waals surface area contributed by atoms with Gasteiger partial charge in [0, 0.05) is 23.6 Å². The highest BCUT2D eigenvalue weighted by atomic mass is 32.1. The molecule has 3 amide bonds. The molecule has 0 saturated carbocycles. The standard InChI is InChI=1S/C26H22FN9O3S/c1-13-22-20(5-6-29-13)40-26(32-22)33-25(39)19-9-16(27)11-35(19)21(37)12-36-18-3-2-14(15-4-7-30-31-10-15)8-17(18)23(34-36)24(28)38/h2-8,10,16,19H,9,11-12H2,1H3,(H2,28,38)(H,32,33,39). The number of nitrogens with zero attached hydrogens (tertiary/aromatic N) is 7. The fraction of sp³-hybridized carbons (Fsp3) is 0.231. The Bertz CT molecular complexity index is 1790. The molecule has 4 aromatic heterocycles. The number of pyridine rings is 1. The molecule has 5 heterocycles. The van der Waals surface area contributed by atoms with Gasteiger partial charge < -0.3 is 16.0 Å². The number of carbonyl (C=O) groups excluding carboxylic acids is 3. The zero-order valence-electron chi connectivity index (χ0n) is 21.1. The van der Waals surface area contributed by atoms with E-state index in [2.05, 4.69) is 30.6 Å². The van der Waals surface area contributed by atoms with Crippen molar-refractivity contribution in [2.24, 2.45) is 5.73 Å². The third-order valence-corrected chi connectivity index (χ3v) is 7.72. The number of aromatic nitrogens is 6. The van der Waals surface area contributed by atoms with Crippen molar-refractivity contribution in [3.8, 4) is 11.1 Å². The van der Waals surface area contributed by atoms with Crippen molar-refractivity contribution in [1.82, 2.24) is 34.8 Å². The van der Waals surface area contributed by atoms with Crippen LogP contribution in [0.15, 0.2) is 48.9 Å². The summed E-state index contributed by atoms with van der Waals surface area (Å²) < 4.78 is 16.7. The fourth-order valence-electron chi connectivity index (χ4n) is 4.87. The number of aryl methyl sites for hydroxylation is 1. The summed E-state index contributed by atoms with van der Waals surface area (Å²) in [6.07, 6.45) is 3.28. The Morgan fingerprint density at radius 2 is 2.00 bits per heavy atom. The van der Waals surface area contributed by atoms with E-state index in [0.717, 1.165) is 21.5 Å². The summed E-state index contributed by atoms with van der Waals surface area (Å²) in [5.41, 5.74) is 8.99. The molecule has 1 aliphatic rings. The second-order valence-electron chi connectivity index (χ2n) is 9.38. The maximum absolute atomic E-state index is 14.5. The van der Waals surface area contributed by atoms with Crippen molar-refractivity contribution in [3.63, 3.8) is 0 Å². The van der Waals surface area contributed by atoms with E-state index in [1.54, 1.807) is 48.9 Å². The van der Waals surface area contributed by atoms with Gasteiger partial charge in [0.1, 0.15) is 24.3 Å². The Balaban J connectivity index is 1.25. The van der Waals surface area contributed by atoms with Crippen LogP contribution in [0.1, 0.15) is 22.6 Å². The topological polar surface area (TPSA) is 162 Å². The number of primary amides is 1. The molecule has 0 bridgehead atoms. The highest BCUT2D eigenvalue weighted by Gasteiger charge is 2.40. The zero-order valence-corrected chi connectivity index (χ0v) is 21.9. The summed E-state index contributed by atoms with van der Waals surface area (Å²) in [5, 5.41) is 15.4. The van der Waals surface area contributed by atoms with Gasteiger partial charge in [-0.3, -0.25) is 24.0 Å². The van der Waals surface area contributed by atoms with Crippen LogP contribution in [-0.2, 0) is 16.1 Å². The first-order chi connectivity index (χ1) is 19.3. The molecule has 0 spiro atoms. The molecule has 14 heteroatoms. The third-order valence-electron chi connectivity index (χ3n) is 6.78. The van der Waals surface area contributed by atoms with Crippen LogP contribution in [0.2, 0.25) is 0 Å². The molecule has 1 saturated heterocycles. The normalized spacial score (nSPS) is 17.0. The van der Waals surface area contributed by atoms with Gasteiger partial charge in [0.15, 0.2) is 10.8 Å². The molecule has 5 aromatic rings. The lowest BCUT2D eigenvalue weighted by atomic mass is 10.0. The molecule has 6 rings (SSSR count). The summed E-state index contributed by atoms with van der Waals surface area (Å²) in [6, 6.07) is 7.78. The second kappa shape index (κ2) is 10.0. The first-order valence-corrected chi connectivity index (χ1v) is 13.1. The number of nitrogens with two attached hydrogens (primary N) is 1. The highest BCUT2D eigenvalue weighted by molar-refractivity contribution is 7.22. The van der Waals surface area contributed by atoms with Gasteiger partial charge in [-0.1, -0.05) is 17.4 Å².